The van der Waals surface area contributed by atoms with E-state index in [-0.39, 0.29) is 5.91 Å². The number of carbonyl (C=O) groups is 1. The van der Waals surface area contributed by atoms with Crippen LogP contribution in [0.15, 0.2) is 66.9 Å². The second-order valence-corrected chi connectivity index (χ2v) is 6.64. The first-order valence-corrected chi connectivity index (χ1v) is 9.32. The molecule has 6 heteroatoms. The highest BCUT2D eigenvalue weighted by molar-refractivity contribution is 5.96. The average Bonchev–Trinajstić information content (AvgIpc) is 3.16. The predicted molar refractivity (Wildman–Crippen MR) is 108 cm³/mol. The molecule has 0 fully saturated rings. The minimum absolute atomic E-state index is 0.0789. The van der Waals surface area contributed by atoms with E-state index >= 15 is 0 Å². The largest absolute Gasteiger partial charge is 0.352 e. The van der Waals surface area contributed by atoms with Gasteiger partial charge in [-0.25, -0.2) is 4.98 Å². The molecule has 1 N–H and O–H groups in total. The van der Waals surface area contributed by atoms with E-state index in [1.165, 1.54) is 5.56 Å². The number of fused-ring (bicyclic) bond motifs is 1. The molecule has 2 heterocycles. The van der Waals surface area contributed by atoms with Crippen LogP contribution in [0.5, 0.6) is 0 Å². The Bertz CT molecular complexity index is 1100. The monoisotopic (exact) mass is 371 g/mol. The second kappa shape index (κ2) is 8.00. The Kier molecular flexibility index (Phi) is 5.10. The van der Waals surface area contributed by atoms with Gasteiger partial charge in [-0.3, -0.25) is 4.79 Å². The van der Waals surface area contributed by atoms with Crippen LogP contribution in [0.3, 0.4) is 0 Å². The summed E-state index contributed by atoms with van der Waals surface area (Å²) in [6.07, 6.45) is 3.55. The van der Waals surface area contributed by atoms with Gasteiger partial charge in [-0.15, -0.1) is 5.10 Å². The molecule has 0 spiro atoms. The van der Waals surface area contributed by atoms with Gasteiger partial charge in [-0.1, -0.05) is 41.6 Å². The number of benzene rings is 2. The van der Waals surface area contributed by atoms with E-state index in [1.807, 2.05) is 55.5 Å². The van der Waals surface area contributed by atoms with E-state index < -0.39 is 0 Å². The molecule has 0 unspecified atom stereocenters. The molecule has 1 amide bonds. The Morgan fingerprint density at radius 3 is 2.75 bits per heavy atom. The predicted octanol–water partition coefficient (Wildman–Crippen LogP) is 3.49. The zero-order valence-corrected chi connectivity index (χ0v) is 15.7. The molecule has 0 bridgehead atoms. The van der Waals surface area contributed by atoms with Crippen LogP contribution >= 0.6 is 0 Å². The van der Waals surface area contributed by atoms with Crippen LogP contribution in [-0.4, -0.2) is 32.4 Å². The fraction of sp³-hybridized carbons (Fsp3) is 0.182. The van der Waals surface area contributed by atoms with Crippen molar-refractivity contribution in [3.05, 3.63) is 83.6 Å². The first-order chi connectivity index (χ1) is 13.7. The number of hydrogen-bond donors (Lipinski definition) is 1. The maximum atomic E-state index is 12.7. The van der Waals surface area contributed by atoms with Crippen molar-refractivity contribution in [3.8, 4) is 5.69 Å². The van der Waals surface area contributed by atoms with Gasteiger partial charge in [-0.05, 0) is 55.2 Å². The fourth-order valence-electron chi connectivity index (χ4n) is 3.26. The minimum atomic E-state index is -0.0789. The van der Waals surface area contributed by atoms with Crippen molar-refractivity contribution < 1.29 is 4.79 Å². The molecule has 0 radical (unpaired) electrons. The van der Waals surface area contributed by atoms with Crippen LogP contribution in [-0.2, 0) is 6.42 Å². The molecular weight excluding hydrogens is 350 g/mol. The first-order valence-electron chi connectivity index (χ1n) is 9.32. The van der Waals surface area contributed by atoms with Crippen molar-refractivity contribution in [2.45, 2.75) is 19.8 Å². The van der Waals surface area contributed by atoms with Gasteiger partial charge in [0.25, 0.3) is 5.91 Å². The Hall–Kier alpha value is -3.54. The molecule has 0 saturated carbocycles. The first kappa shape index (κ1) is 17.9. The van der Waals surface area contributed by atoms with Crippen molar-refractivity contribution >= 4 is 17.1 Å². The molecule has 6 nitrogen and oxygen atoms in total. The normalized spacial score (nSPS) is 10.9. The highest BCUT2D eigenvalue weighted by atomic mass is 16.1. The summed E-state index contributed by atoms with van der Waals surface area (Å²) in [7, 11) is 0. The summed E-state index contributed by atoms with van der Waals surface area (Å²) < 4.78 is 1.68. The summed E-state index contributed by atoms with van der Waals surface area (Å²) >= 11 is 0. The summed E-state index contributed by atoms with van der Waals surface area (Å²) in [5, 5.41) is 11.4. The lowest BCUT2D eigenvalue weighted by Gasteiger charge is -2.11. The van der Waals surface area contributed by atoms with Crippen LogP contribution in [0.25, 0.3) is 16.9 Å². The zero-order chi connectivity index (χ0) is 19.3. The third-order valence-corrected chi connectivity index (χ3v) is 4.76. The van der Waals surface area contributed by atoms with Gasteiger partial charge in [0.15, 0.2) is 5.65 Å². The molecule has 0 aliphatic carbocycles. The molecule has 4 rings (SSSR count). The van der Waals surface area contributed by atoms with E-state index in [2.05, 4.69) is 32.7 Å². The molecule has 2 aromatic carbocycles. The van der Waals surface area contributed by atoms with Gasteiger partial charge in [0.2, 0.25) is 0 Å². The number of nitrogens with zero attached hydrogens (tertiary/aromatic N) is 4. The Balaban J connectivity index is 1.48. The molecular formula is C22H21N5O. The molecule has 140 valence electrons. The van der Waals surface area contributed by atoms with E-state index in [0.29, 0.717) is 17.8 Å². The number of hydrogen-bond acceptors (Lipinski definition) is 4. The van der Waals surface area contributed by atoms with Gasteiger partial charge >= 0.3 is 0 Å². The van der Waals surface area contributed by atoms with Crippen molar-refractivity contribution in [3.63, 3.8) is 0 Å². The molecule has 0 atom stereocenters. The third-order valence-electron chi connectivity index (χ3n) is 4.76. The maximum Gasteiger partial charge on any atom is 0.251 e. The van der Waals surface area contributed by atoms with E-state index in [0.717, 1.165) is 29.6 Å². The SMILES string of the molecule is Cc1c(C(=O)NCCCc2ccccc2)cccc1-n1nnc2cccnc21. The minimum Gasteiger partial charge on any atom is -0.352 e. The van der Waals surface area contributed by atoms with E-state index in [1.54, 1.807) is 10.9 Å². The molecule has 2 aromatic heterocycles. The molecule has 4 aromatic rings. The number of pyridine rings is 1. The highest BCUT2D eigenvalue weighted by Gasteiger charge is 2.15. The molecule has 28 heavy (non-hydrogen) atoms. The van der Waals surface area contributed by atoms with Crippen LogP contribution in [0, 0.1) is 6.92 Å². The van der Waals surface area contributed by atoms with Crippen molar-refractivity contribution in [1.29, 1.82) is 0 Å². The molecule has 0 saturated heterocycles. The Labute approximate surface area is 163 Å². The van der Waals surface area contributed by atoms with Crippen molar-refractivity contribution in [1.82, 2.24) is 25.3 Å². The lowest BCUT2D eigenvalue weighted by molar-refractivity contribution is 0.0952. The average molecular weight is 371 g/mol. The summed E-state index contributed by atoms with van der Waals surface area (Å²) in [6.45, 7) is 2.55. The van der Waals surface area contributed by atoms with Gasteiger partial charge in [0.1, 0.15) is 5.52 Å². The third kappa shape index (κ3) is 3.62. The Morgan fingerprint density at radius 1 is 1.04 bits per heavy atom. The summed E-state index contributed by atoms with van der Waals surface area (Å²) in [4.78, 5) is 17.1. The summed E-state index contributed by atoms with van der Waals surface area (Å²) in [6, 6.07) is 19.6. The van der Waals surface area contributed by atoms with E-state index in [9.17, 15) is 4.79 Å². The van der Waals surface area contributed by atoms with Gasteiger partial charge < -0.3 is 5.32 Å². The van der Waals surface area contributed by atoms with Crippen LogP contribution in [0.4, 0.5) is 0 Å². The highest BCUT2D eigenvalue weighted by Crippen LogP contribution is 2.20. The number of aromatic nitrogens is 4. The fourth-order valence-corrected chi connectivity index (χ4v) is 3.26. The van der Waals surface area contributed by atoms with Gasteiger partial charge in [-0.2, -0.15) is 4.68 Å². The molecule has 0 aliphatic heterocycles. The number of nitrogens with one attached hydrogen (secondary N) is 1. The summed E-state index contributed by atoms with van der Waals surface area (Å²) in [5.74, 6) is -0.0789. The van der Waals surface area contributed by atoms with Crippen molar-refractivity contribution in [2.75, 3.05) is 6.54 Å². The topological polar surface area (TPSA) is 72.7 Å². The quantitative estimate of drug-likeness (QED) is 0.527. The molecule has 0 aliphatic rings. The second-order valence-electron chi connectivity index (χ2n) is 6.64. The zero-order valence-electron chi connectivity index (χ0n) is 15.7. The Morgan fingerprint density at radius 2 is 1.89 bits per heavy atom. The standard InChI is InChI=1S/C22H21N5O/c1-16-18(22(28)24-15-6-10-17-8-3-2-4-9-17)11-5-13-20(16)27-21-19(25-26-27)12-7-14-23-21/h2-5,7-9,11-14H,6,10,15H2,1H3,(H,24,28). The van der Waals surface area contributed by atoms with Crippen LogP contribution in [0.1, 0.15) is 27.9 Å². The van der Waals surface area contributed by atoms with E-state index in [4.69, 9.17) is 0 Å². The lowest BCUT2D eigenvalue weighted by atomic mass is 10.1. The number of rotatable bonds is 6. The smallest absolute Gasteiger partial charge is 0.251 e. The van der Waals surface area contributed by atoms with Crippen molar-refractivity contribution in [2.24, 2.45) is 0 Å². The van der Waals surface area contributed by atoms with Gasteiger partial charge in [0, 0.05) is 18.3 Å². The maximum absolute atomic E-state index is 12.7. The number of aryl methyl sites for hydroxylation is 1. The van der Waals surface area contributed by atoms with Crippen LogP contribution < -0.4 is 5.32 Å². The van der Waals surface area contributed by atoms with Crippen LogP contribution in [0.2, 0.25) is 0 Å². The summed E-state index contributed by atoms with van der Waals surface area (Å²) in [5.41, 5.74) is 4.96. The number of amides is 1. The lowest BCUT2D eigenvalue weighted by Crippen LogP contribution is -2.26. The van der Waals surface area contributed by atoms with Gasteiger partial charge in [0.05, 0.1) is 5.69 Å². The number of carbonyl (C=O) groups excluding carboxylic acids is 1.